The lowest BCUT2D eigenvalue weighted by atomic mass is 9.95. The molecule has 28 heavy (non-hydrogen) atoms. The van der Waals surface area contributed by atoms with Gasteiger partial charge in [-0.25, -0.2) is 0 Å². The van der Waals surface area contributed by atoms with Crippen molar-refractivity contribution in [1.29, 1.82) is 0 Å². The Morgan fingerprint density at radius 2 is 1.79 bits per heavy atom. The van der Waals surface area contributed by atoms with Gasteiger partial charge in [0.05, 0.1) is 0 Å². The molecule has 1 amide bonds. The number of hydrogen-bond donors (Lipinski definition) is 1. The van der Waals surface area contributed by atoms with E-state index in [0.717, 1.165) is 44.6 Å². The van der Waals surface area contributed by atoms with E-state index in [1.807, 2.05) is 0 Å². The van der Waals surface area contributed by atoms with Gasteiger partial charge >= 0.3 is 0 Å². The first-order valence-electron chi connectivity index (χ1n) is 11.2. The van der Waals surface area contributed by atoms with Crippen LogP contribution in [-0.4, -0.2) is 67.6 Å². The average Bonchev–Trinajstić information content (AvgIpc) is 3.37. The number of carbonyl (C=O) groups is 1. The number of likely N-dealkylation sites (tertiary alicyclic amines) is 2. The first-order valence-corrected chi connectivity index (χ1v) is 11.2. The van der Waals surface area contributed by atoms with Gasteiger partial charge in [-0.15, -0.1) is 0 Å². The molecule has 3 saturated heterocycles. The summed E-state index contributed by atoms with van der Waals surface area (Å²) in [6.45, 7) is 9.06. The number of amides is 1. The van der Waals surface area contributed by atoms with Crippen molar-refractivity contribution in [3.8, 4) is 0 Å². The summed E-state index contributed by atoms with van der Waals surface area (Å²) in [5, 5.41) is 2.79. The molecule has 3 aliphatic heterocycles. The average molecular weight is 385 g/mol. The van der Waals surface area contributed by atoms with Crippen LogP contribution < -0.4 is 10.2 Å². The van der Waals surface area contributed by atoms with Crippen molar-refractivity contribution in [3.05, 3.63) is 29.8 Å². The Morgan fingerprint density at radius 3 is 2.43 bits per heavy atom. The van der Waals surface area contributed by atoms with E-state index >= 15 is 0 Å². The molecule has 154 valence electrons. The fraction of sp³-hybridized carbons (Fsp3) is 0.696. The van der Waals surface area contributed by atoms with Crippen molar-refractivity contribution in [3.63, 3.8) is 0 Å². The first kappa shape index (κ1) is 19.7. The summed E-state index contributed by atoms with van der Waals surface area (Å²) in [7, 11) is 1.74. The number of carbonyl (C=O) groups excluding carboxylic acids is 1. The minimum absolute atomic E-state index is 0.199. The highest BCUT2D eigenvalue weighted by atomic mass is 16.1. The van der Waals surface area contributed by atoms with Gasteiger partial charge in [0, 0.05) is 50.4 Å². The van der Waals surface area contributed by atoms with E-state index < -0.39 is 0 Å². The highest BCUT2D eigenvalue weighted by Crippen LogP contribution is 2.28. The third-order valence-electron chi connectivity index (χ3n) is 7.15. The van der Waals surface area contributed by atoms with E-state index in [-0.39, 0.29) is 11.8 Å². The lowest BCUT2D eigenvalue weighted by Gasteiger charge is -2.31. The van der Waals surface area contributed by atoms with Crippen LogP contribution in [0.1, 0.15) is 44.6 Å². The Kier molecular flexibility index (Phi) is 6.22. The Morgan fingerprint density at radius 1 is 1.04 bits per heavy atom. The summed E-state index contributed by atoms with van der Waals surface area (Å²) in [4.78, 5) is 19.6. The van der Waals surface area contributed by atoms with E-state index in [0.29, 0.717) is 0 Å². The summed E-state index contributed by atoms with van der Waals surface area (Å²) >= 11 is 0. The molecule has 2 atom stereocenters. The minimum Gasteiger partial charge on any atom is -0.370 e. The monoisotopic (exact) mass is 384 g/mol. The summed E-state index contributed by atoms with van der Waals surface area (Å²) < 4.78 is 0. The van der Waals surface area contributed by atoms with Crippen molar-refractivity contribution in [2.24, 2.45) is 5.92 Å². The Bertz CT molecular complexity index is 653. The van der Waals surface area contributed by atoms with Crippen molar-refractivity contribution in [2.75, 3.05) is 44.7 Å². The Hall–Kier alpha value is -1.59. The molecular weight excluding hydrogens is 348 g/mol. The molecule has 0 bridgehead atoms. The van der Waals surface area contributed by atoms with Crippen molar-refractivity contribution < 1.29 is 4.79 Å². The zero-order valence-electron chi connectivity index (χ0n) is 17.6. The third kappa shape index (κ3) is 4.36. The number of nitrogens with one attached hydrogen (secondary N) is 1. The smallest absolute Gasteiger partial charge is 0.222 e. The maximum atomic E-state index is 11.8. The second kappa shape index (κ2) is 8.83. The molecule has 0 saturated carbocycles. The highest BCUT2D eigenvalue weighted by Gasteiger charge is 2.32. The van der Waals surface area contributed by atoms with Crippen LogP contribution >= 0.6 is 0 Å². The van der Waals surface area contributed by atoms with Crippen LogP contribution in [0.4, 0.5) is 5.69 Å². The lowest BCUT2D eigenvalue weighted by Crippen LogP contribution is -2.39. The molecule has 0 aliphatic carbocycles. The van der Waals surface area contributed by atoms with Crippen LogP contribution in [0, 0.1) is 5.92 Å². The van der Waals surface area contributed by atoms with Gasteiger partial charge < -0.3 is 10.2 Å². The van der Waals surface area contributed by atoms with Gasteiger partial charge in [0.1, 0.15) is 0 Å². The number of nitrogens with zero attached hydrogens (tertiary/aromatic N) is 3. The largest absolute Gasteiger partial charge is 0.370 e. The van der Waals surface area contributed by atoms with Gasteiger partial charge in [-0.1, -0.05) is 12.1 Å². The quantitative estimate of drug-likeness (QED) is 0.847. The number of hydrogen-bond acceptors (Lipinski definition) is 4. The topological polar surface area (TPSA) is 38.8 Å². The van der Waals surface area contributed by atoms with E-state index in [4.69, 9.17) is 0 Å². The third-order valence-corrected chi connectivity index (χ3v) is 7.15. The van der Waals surface area contributed by atoms with Crippen LogP contribution in [0.5, 0.6) is 0 Å². The standard InChI is InChI=1S/C23H36N4O/c1-18-4-3-12-27(18)22-11-15-26(17-22)21-7-5-19(6-8-21)16-25-13-9-20(10-14-25)23(28)24-2/h5-8,18,20,22H,3-4,9-17H2,1-2H3,(H,24,28). The predicted octanol–water partition coefficient (Wildman–Crippen LogP) is 2.71. The summed E-state index contributed by atoms with van der Waals surface area (Å²) in [6, 6.07) is 10.7. The molecule has 0 spiro atoms. The number of benzene rings is 1. The zero-order valence-corrected chi connectivity index (χ0v) is 17.6. The van der Waals surface area contributed by atoms with Crippen molar-refractivity contribution in [2.45, 2.75) is 57.7 Å². The van der Waals surface area contributed by atoms with Gasteiger partial charge in [-0.3, -0.25) is 14.6 Å². The molecule has 4 rings (SSSR count). The second-order valence-electron chi connectivity index (χ2n) is 8.95. The molecule has 1 aromatic carbocycles. The molecule has 2 unspecified atom stereocenters. The van der Waals surface area contributed by atoms with Gasteiger partial charge in [0.2, 0.25) is 5.91 Å². The molecule has 1 aromatic rings. The molecular formula is C23H36N4O. The zero-order chi connectivity index (χ0) is 19.5. The molecule has 5 heteroatoms. The summed E-state index contributed by atoms with van der Waals surface area (Å²) in [5.41, 5.74) is 2.75. The number of rotatable bonds is 5. The molecule has 0 radical (unpaired) electrons. The maximum absolute atomic E-state index is 11.8. The van der Waals surface area contributed by atoms with Crippen molar-refractivity contribution in [1.82, 2.24) is 15.1 Å². The summed E-state index contributed by atoms with van der Waals surface area (Å²) in [6.07, 6.45) is 5.98. The second-order valence-corrected chi connectivity index (χ2v) is 8.95. The normalized spacial score (nSPS) is 27.4. The molecule has 3 fully saturated rings. The van der Waals surface area contributed by atoms with Crippen LogP contribution in [0.3, 0.4) is 0 Å². The molecule has 0 aromatic heterocycles. The molecule has 3 heterocycles. The summed E-state index contributed by atoms with van der Waals surface area (Å²) in [5.74, 6) is 0.404. The van der Waals surface area contributed by atoms with Gasteiger partial charge in [0.25, 0.3) is 0 Å². The van der Waals surface area contributed by atoms with Crippen LogP contribution in [0.25, 0.3) is 0 Å². The SMILES string of the molecule is CNC(=O)C1CCN(Cc2ccc(N3CCC(N4CCCC4C)C3)cc2)CC1. The molecule has 5 nitrogen and oxygen atoms in total. The minimum atomic E-state index is 0.199. The maximum Gasteiger partial charge on any atom is 0.222 e. The van der Waals surface area contributed by atoms with Crippen LogP contribution in [-0.2, 0) is 11.3 Å². The number of piperidine rings is 1. The fourth-order valence-corrected chi connectivity index (χ4v) is 5.37. The van der Waals surface area contributed by atoms with Gasteiger partial charge in [-0.2, -0.15) is 0 Å². The Labute approximate surface area is 170 Å². The van der Waals surface area contributed by atoms with E-state index in [9.17, 15) is 4.79 Å². The highest BCUT2D eigenvalue weighted by molar-refractivity contribution is 5.78. The first-order chi connectivity index (χ1) is 13.6. The van der Waals surface area contributed by atoms with E-state index in [2.05, 4.69) is 51.2 Å². The predicted molar refractivity (Wildman–Crippen MR) is 115 cm³/mol. The lowest BCUT2D eigenvalue weighted by molar-refractivity contribution is -0.125. The molecule has 3 aliphatic rings. The van der Waals surface area contributed by atoms with Gasteiger partial charge in [-0.05, 0) is 76.4 Å². The fourth-order valence-electron chi connectivity index (χ4n) is 5.37. The van der Waals surface area contributed by atoms with E-state index in [1.54, 1.807) is 7.05 Å². The van der Waals surface area contributed by atoms with Crippen LogP contribution in [0.15, 0.2) is 24.3 Å². The van der Waals surface area contributed by atoms with E-state index in [1.165, 1.54) is 50.1 Å². The van der Waals surface area contributed by atoms with Gasteiger partial charge in [0.15, 0.2) is 0 Å². The Balaban J connectivity index is 1.27. The number of anilines is 1. The van der Waals surface area contributed by atoms with Crippen molar-refractivity contribution >= 4 is 11.6 Å². The molecule has 1 N–H and O–H groups in total. The van der Waals surface area contributed by atoms with Crippen LogP contribution in [0.2, 0.25) is 0 Å².